The van der Waals surface area contributed by atoms with Crippen LogP contribution >= 0.6 is 0 Å². The van der Waals surface area contributed by atoms with E-state index in [9.17, 15) is 4.79 Å². The maximum Gasteiger partial charge on any atom is 0.372 e. The fourth-order valence-corrected chi connectivity index (χ4v) is 2.89. The van der Waals surface area contributed by atoms with Crippen LogP contribution in [0.3, 0.4) is 0 Å². The summed E-state index contributed by atoms with van der Waals surface area (Å²) >= 11 is 0. The molecule has 0 aliphatic heterocycles. The van der Waals surface area contributed by atoms with Crippen molar-refractivity contribution < 1.29 is 19.1 Å². The number of carboxylic acids is 1. The fourth-order valence-electron chi connectivity index (χ4n) is 2.89. The molecule has 0 radical (unpaired) electrons. The van der Waals surface area contributed by atoms with E-state index in [-0.39, 0.29) is 5.76 Å². The highest BCUT2D eigenvalue weighted by Crippen LogP contribution is 2.28. The summed E-state index contributed by atoms with van der Waals surface area (Å²) in [5.41, 5.74) is 3.45. The van der Waals surface area contributed by atoms with Gasteiger partial charge in [0.2, 0.25) is 5.76 Å². The van der Waals surface area contributed by atoms with Crippen molar-refractivity contribution in [1.29, 1.82) is 0 Å². The van der Waals surface area contributed by atoms with E-state index in [1.807, 2.05) is 30.3 Å². The Bertz CT molecular complexity index is 898. The monoisotopic (exact) mass is 339 g/mol. The molecule has 0 spiro atoms. The molecule has 2 aromatic carbocycles. The predicted molar refractivity (Wildman–Crippen MR) is 97.7 cm³/mol. The van der Waals surface area contributed by atoms with E-state index in [4.69, 9.17) is 14.3 Å². The first-order valence-electron chi connectivity index (χ1n) is 8.21. The summed E-state index contributed by atoms with van der Waals surface area (Å²) in [7, 11) is 1.67. The van der Waals surface area contributed by atoms with Crippen molar-refractivity contribution in [3.63, 3.8) is 0 Å². The molecule has 5 heteroatoms. The van der Waals surface area contributed by atoms with Gasteiger partial charge in [-0.25, -0.2) is 4.79 Å². The summed E-state index contributed by atoms with van der Waals surface area (Å²) < 4.78 is 10.6. The van der Waals surface area contributed by atoms with Crippen molar-refractivity contribution >= 4 is 22.6 Å². The van der Waals surface area contributed by atoms with Crippen molar-refractivity contribution in [1.82, 2.24) is 0 Å². The maximum absolute atomic E-state index is 11.1. The molecule has 0 bridgehead atoms. The summed E-state index contributed by atoms with van der Waals surface area (Å²) in [6.45, 7) is 2.59. The predicted octanol–water partition coefficient (Wildman–Crippen LogP) is 4.49. The number of aryl methyl sites for hydroxylation is 2. The van der Waals surface area contributed by atoms with E-state index in [0.29, 0.717) is 11.1 Å². The molecule has 130 valence electrons. The van der Waals surface area contributed by atoms with Crippen molar-refractivity contribution in [3.05, 3.63) is 59.4 Å². The smallest absolute Gasteiger partial charge is 0.372 e. The summed E-state index contributed by atoms with van der Waals surface area (Å²) in [5.74, 6) is -0.160. The van der Waals surface area contributed by atoms with Crippen LogP contribution in [0.5, 0.6) is 5.75 Å². The zero-order chi connectivity index (χ0) is 17.8. The number of benzene rings is 2. The van der Waals surface area contributed by atoms with Gasteiger partial charge in [-0.3, -0.25) is 0 Å². The molecule has 0 atom stereocenters. The molecule has 1 heterocycles. The number of fused-ring (bicyclic) bond motifs is 1. The molecular weight excluding hydrogens is 318 g/mol. The van der Waals surface area contributed by atoms with E-state index in [1.54, 1.807) is 20.1 Å². The van der Waals surface area contributed by atoms with Gasteiger partial charge in [-0.15, -0.1) is 0 Å². The zero-order valence-electron chi connectivity index (χ0n) is 14.3. The van der Waals surface area contributed by atoms with Crippen LogP contribution < -0.4 is 10.1 Å². The van der Waals surface area contributed by atoms with Gasteiger partial charge in [0, 0.05) is 23.2 Å². The van der Waals surface area contributed by atoms with Gasteiger partial charge in [-0.05, 0) is 55.7 Å². The van der Waals surface area contributed by atoms with Crippen LogP contribution in [0.15, 0.2) is 46.9 Å². The van der Waals surface area contributed by atoms with Crippen LogP contribution in [0.25, 0.3) is 11.0 Å². The molecule has 0 aliphatic rings. The number of ether oxygens (including phenoxy) is 1. The summed E-state index contributed by atoms with van der Waals surface area (Å²) in [6.07, 6.45) is 1.94. The van der Waals surface area contributed by atoms with Gasteiger partial charge in [0.1, 0.15) is 11.3 Å². The highest BCUT2D eigenvalue weighted by atomic mass is 16.5. The van der Waals surface area contributed by atoms with Gasteiger partial charge in [0.05, 0.1) is 7.11 Å². The Morgan fingerprint density at radius 2 is 2.08 bits per heavy atom. The average Bonchev–Trinajstić information content (AvgIpc) is 2.96. The SMILES string of the molecule is COc1cccc(CCCNc2ccc3oc(C(=O)O)c(C)c3c2)c1. The highest BCUT2D eigenvalue weighted by Gasteiger charge is 2.16. The molecular formula is C20H21NO4. The second-order valence-corrected chi connectivity index (χ2v) is 5.95. The van der Waals surface area contributed by atoms with Crippen molar-refractivity contribution in [2.24, 2.45) is 0 Å². The summed E-state index contributed by atoms with van der Waals surface area (Å²) in [5, 5.41) is 13.3. The molecule has 5 nitrogen and oxygen atoms in total. The Morgan fingerprint density at radius 3 is 2.84 bits per heavy atom. The Morgan fingerprint density at radius 1 is 1.24 bits per heavy atom. The summed E-state index contributed by atoms with van der Waals surface area (Å²) in [6, 6.07) is 13.7. The number of methoxy groups -OCH3 is 1. The van der Waals surface area contributed by atoms with Gasteiger partial charge in [-0.1, -0.05) is 12.1 Å². The Labute approximate surface area is 146 Å². The molecule has 0 aliphatic carbocycles. The van der Waals surface area contributed by atoms with Crippen molar-refractivity contribution in [2.75, 3.05) is 19.0 Å². The largest absolute Gasteiger partial charge is 0.497 e. The molecule has 0 unspecified atom stereocenters. The molecule has 3 aromatic rings. The van der Waals surface area contributed by atoms with Crippen molar-refractivity contribution in [2.45, 2.75) is 19.8 Å². The first kappa shape index (κ1) is 16.9. The molecule has 0 amide bonds. The van der Waals surface area contributed by atoms with Crippen LogP contribution in [-0.2, 0) is 6.42 Å². The normalized spacial score (nSPS) is 10.8. The fraction of sp³-hybridized carbons (Fsp3) is 0.250. The number of furan rings is 1. The lowest BCUT2D eigenvalue weighted by Crippen LogP contribution is -2.03. The highest BCUT2D eigenvalue weighted by molar-refractivity contribution is 5.95. The van der Waals surface area contributed by atoms with Crippen LogP contribution in [0.2, 0.25) is 0 Å². The Kier molecular flexibility index (Phi) is 4.93. The first-order chi connectivity index (χ1) is 12.1. The molecule has 0 saturated carbocycles. The number of anilines is 1. The third kappa shape index (κ3) is 3.76. The number of carboxylic acid groups (broad SMARTS) is 1. The lowest BCUT2D eigenvalue weighted by Gasteiger charge is -2.07. The molecule has 0 fully saturated rings. The third-order valence-electron chi connectivity index (χ3n) is 4.24. The van der Waals surface area contributed by atoms with Crippen LogP contribution in [0.4, 0.5) is 5.69 Å². The zero-order valence-corrected chi connectivity index (χ0v) is 14.3. The minimum Gasteiger partial charge on any atom is -0.497 e. The number of rotatable bonds is 7. The average molecular weight is 339 g/mol. The van der Waals surface area contributed by atoms with Gasteiger partial charge in [0.15, 0.2) is 0 Å². The topological polar surface area (TPSA) is 71.7 Å². The van der Waals surface area contributed by atoms with E-state index in [0.717, 1.165) is 36.2 Å². The minimum absolute atomic E-state index is 0.00479. The van der Waals surface area contributed by atoms with E-state index in [2.05, 4.69) is 11.4 Å². The maximum atomic E-state index is 11.1. The van der Waals surface area contributed by atoms with Gasteiger partial charge in [0.25, 0.3) is 0 Å². The van der Waals surface area contributed by atoms with E-state index in [1.165, 1.54) is 5.56 Å². The lowest BCUT2D eigenvalue weighted by molar-refractivity contribution is 0.0664. The number of carbonyl (C=O) groups is 1. The van der Waals surface area contributed by atoms with E-state index >= 15 is 0 Å². The minimum atomic E-state index is -1.04. The second-order valence-electron chi connectivity index (χ2n) is 5.95. The molecule has 1 aromatic heterocycles. The molecule has 25 heavy (non-hydrogen) atoms. The Balaban J connectivity index is 1.61. The molecule has 3 rings (SSSR count). The quantitative estimate of drug-likeness (QED) is 0.620. The van der Waals surface area contributed by atoms with Gasteiger partial charge < -0.3 is 19.6 Å². The molecule has 2 N–H and O–H groups in total. The Hall–Kier alpha value is -2.95. The third-order valence-corrected chi connectivity index (χ3v) is 4.24. The number of nitrogens with one attached hydrogen (secondary N) is 1. The lowest BCUT2D eigenvalue weighted by atomic mass is 10.1. The van der Waals surface area contributed by atoms with Crippen LogP contribution in [-0.4, -0.2) is 24.7 Å². The van der Waals surface area contributed by atoms with Crippen LogP contribution in [0, 0.1) is 6.92 Å². The van der Waals surface area contributed by atoms with Crippen LogP contribution in [0.1, 0.15) is 28.1 Å². The standard InChI is InChI=1S/C20H21NO4/c1-13-17-12-15(8-9-18(17)25-19(13)20(22)23)21-10-4-6-14-5-3-7-16(11-14)24-2/h3,5,7-9,11-12,21H,4,6,10H2,1-2H3,(H,22,23). The number of hydrogen-bond donors (Lipinski definition) is 2. The van der Waals surface area contributed by atoms with Gasteiger partial charge in [-0.2, -0.15) is 0 Å². The van der Waals surface area contributed by atoms with Gasteiger partial charge >= 0.3 is 5.97 Å². The second kappa shape index (κ2) is 7.30. The molecule has 0 saturated heterocycles. The van der Waals surface area contributed by atoms with Crippen molar-refractivity contribution in [3.8, 4) is 5.75 Å². The number of hydrogen-bond acceptors (Lipinski definition) is 4. The first-order valence-corrected chi connectivity index (χ1v) is 8.21. The summed E-state index contributed by atoms with van der Waals surface area (Å²) in [4.78, 5) is 11.1. The van der Waals surface area contributed by atoms with E-state index < -0.39 is 5.97 Å². The number of aromatic carboxylic acids is 1.